The molecule has 2 radical (unpaired) electrons. The first-order chi connectivity index (χ1) is 44.5. The van der Waals surface area contributed by atoms with Gasteiger partial charge in [0.2, 0.25) is 11.8 Å². The van der Waals surface area contributed by atoms with E-state index in [0.717, 1.165) is 68.7 Å². The van der Waals surface area contributed by atoms with Crippen LogP contribution in [0.5, 0.6) is 0 Å². The SMILES string of the molecule is CN.Cc1c(CN2O[C@@H](CN=[N+]=[N-])[C@@H]([C@H](C)O)[C@H]2C(=O)NC2C[C@H]3C[C@@H]([C@@H]2C)C3(C)C)cccc1-c1cc(C(=O)O)cc(N(C)C)c1.Cc1c(CN2O[C@@H](CN=[N+]=[N-])[C@@H]([C@H](C)O)[C@H]2C(=O)NC2C[C@H]3C[C@@H]([C@@H]2C)C3(C)C)cccc1-c1cc(C(=O)O)cc(N(C)C)c1.[3H][B].[U]. The minimum Gasteiger partial charge on any atom is -0.478 e. The Labute approximate surface area is 580 Å². The number of carboxylic acid groups (broad SMARTS) is 2. The first-order valence-electron chi connectivity index (χ1n) is 32.8. The molecule has 8 N–H and O–H groups in total. The van der Waals surface area contributed by atoms with Gasteiger partial charge in [-0.05, 0) is 200 Å². The third-order valence-electron chi connectivity index (χ3n) is 21.9. The van der Waals surface area contributed by atoms with Crippen molar-refractivity contribution < 1.29 is 80.4 Å². The molecule has 0 spiro atoms. The molecule has 2 amide bonds. The fraction of sp³-hybridized carbons (Fsp3) is 0.594. The predicted octanol–water partition coefficient (Wildman–Crippen LogP) is 9.74. The van der Waals surface area contributed by atoms with E-state index in [0.29, 0.717) is 35.5 Å². The number of aromatic carboxylic acids is 2. The number of nitrogens with one attached hydrogen (secondary N) is 2. The van der Waals surface area contributed by atoms with Crippen molar-refractivity contribution in [2.45, 2.75) is 157 Å². The molecular weight excluding hydrogens is 1420 g/mol. The van der Waals surface area contributed by atoms with E-state index >= 15 is 0 Å². The van der Waals surface area contributed by atoms with Crippen molar-refractivity contribution in [1.82, 2.24) is 20.8 Å². The number of hydrogen-bond donors (Lipinski definition) is 7. The van der Waals surface area contributed by atoms with Crippen LogP contribution in [0.4, 0.5) is 11.4 Å². The summed E-state index contributed by atoms with van der Waals surface area (Å²) in [6.07, 6.45) is 1.12. The molecule has 12 rings (SSSR count). The molecule has 23 nitrogen and oxygen atoms in total. The molecule has 8 fully saturated rings. The molecular formula is C69H98BN13O10U. The monoisotopic (exact) mass is 1520 g/mol. The Hall–Kier alpha value is -6.18. The number of aliphatic hydroxyl groups excluding tert-OH is 2. The number of nitrogens with zero attached hydrogens (tertiary/aromatic N) is 10. The molecule has 25 heteroatoms. The van der Waals surface area contributed by atoms with Gasteiger partial charge in [-0.15, -0.1) is 0 Å². The quantitative estimate of drug-likeness (QED) is 0.0187. The molecule has 4 bridgehead atoms. The number of hydrogen-bond acceptors (Lipinski definition) is 15. The third-order valence-corrected chi connectivity index (χ3v) is 21.9. The van der Waals surface area contributed by atoms with Crippen molar-refractivity contribution in [2.75, 3.05) is 58.1 Å². The molecule has 4 aromatic rings. The normalized spacial score (nSPS) is 28.2. The van der Waals surface area contributed by atoms with E-state index in [4.69, 9.17) is 22.1 Å². The standard InChI is InChI=1S/2C34H46N6O5.CH5N.BH.U/c2*1-18-21(9-8-10-26(18)22-11-23(33(43)44)13-25(12-22)39(6)7)17-40-31(30(20(3)41)29(45-40)16-36-38-35)32(42)37-28-15-24-14-27(19(28)2)34(24,4)5;1-2;;/h2*8-13,19-20,24,27-31,41H,14-17H2,1-7H3,(H,37,42)(H,43,44);2H2,1H3;1H;/t2*19-,20-,24+,27-,28?,29-,30+,31-;;;/m00.../s1/i;;;1T;. The van der Waals surface area contributed by atoms with Gasteiger partial charge in [0.05, 0.1) is 61.7 Å². The number of nitrogens with two attached hydrogens (primary N) is 1. The molecule has 4 aromatic carbocycles. The van der Waals surface area contributed by atoms with Gasteiger partial charge in [0.15, 0.2) is 0 Å². The maximum Gasteiger partial charge on any atom is 0.335 e. The second-order valence-electron chi connectivity index (χ2n) is 28.0. The van der Waals surface area contributed by atoms with Gasteiger partial charge in [0, 0.05) is 113 Å². The number of benzene rings is 4. The molecule has 2 saturated heterocycles. The van der Waals surface area contributed by atoms with Crippen LogP contribution in [0.25, 0.3) is 43.1 Å². The van der Waals surface area contributed by atoms with E-state index in [1.54, 1.807) is 48.2 Å². The average molecular weight is 1520 g/mol. The van der Waals surface area contributed by atoms with E-state index in [1.807, 2.05) is 100 Å². The van der Waals surface area contributed by atoms with Gasteiger partial charge in [-0.25, -0.2) is 9.59 Å². The molecule has 8 aliphatic rings. The summed E-state index contributed by atoms with van der Waals surface area (Å²) in [7, 11) is 12.7. The van der Waals surface area contributed by atoms with Gasteiger partial charge < -0.3 is 46.6 Å². The zero-order valence-corrected chi connectivity index (χ0v) is 61.4. The second-order valence-corrected chi connectivity index (χ2v) is 28.0. The van der Waals surface area contributed by atoms with E-state index in [-0.39, 0.29) is 103 Å². The molecule has 16 atom stereocenters. The number of hydroxylamine groups is 4. The largest absolute Gasteiger partial charge is 0.478 e. The van der Waals surface area contributed by atoms with Crippen LogP contribution in [-0.4, -0.2) is 161 Å². The molecule has 6 saturated carbocycles. The number of rotatable bonds is 20. The van der Waals surface area contributed by atoms with E-state index < -0.39 is 60.3 Å². The van der Waals surface area contributed by atoms with Crippen LogP contribution < -0.4 is 26.2 Å². The number of anilines is 2. The second kappa shape index (κ2) is 31.8. The van der Waals surface area contributed by atoms with E-state index in [9.17, 15) is 39.6 Å². The molecule has 2 heterocycles. The van der Waals surface area contributed by atoms with Gasteiger partial charge in [-0.3, -0.25) is 19.3 Å². The number of aliphatic hydroxyl groups is 2. The van der Waals surface area contributed by atoms with Crippen LogP contribution in [0.15, 0.2) is 83.0 Å². The van der Waals surface area contributed by atoms with Crippen molar-refractivity contribution in [2.24, 2.45) is 74.1 Å². The average Bonchev–Trinajstić information content (AvgIpc) is 1.40. The van der Waals surface area contributed by atoms with Crippen molar-refractivity contribution in [3.8, 4) is 22.3 Å². The van der Waals surface area contributed by atoms with Crippen molar-refractivity contribution in [1.29, 1.82) is 1.34 Å². The zero-order chi connectivity index (χ0) is 69.6. The van der Waals surface area contributed by atoms with Crippen LogP contribution in [0.2, 0.25) is 0 Å². The number of carbonyl (C=O) groups is 4. The fourth-order valence-corrected chi connectivity index (χ4v) is 16.2. The summed E-state index contributed by atoms with van der Waals surface area (Å²) in [6, 6.07) is 20.7. The number of fused-ring (bicyclic) bond motifs is 4. The summed E-state index contributed by atoms with van der Waals surface area (Å²) in [6.45, 7) is 21.4. The Morgan fingerprint density at radius 1 is 0.660 bits per heavy atom. The summed E-state index contributed by atoms with van der Waals surface area (Å²) in [5.74, 6) is -0.696. The Bertz CT molecular complexity index is 3250. The Morgan fingerprint density at radius 2 is 1.01 bits per heavy atom. The van der Waals surface area contributed by atoms with Crippen molar-refractivity contribution >= 4 is 43.5 Å². The van der Waals surface area contributed by atoms with Gasteiger partial charge in [0.25, 0.3) is 0 Å². The van der Waals surface area contributed by atoms with Gasteiger partial charge >= 0.3 is 11.9 Å². The Morgan fingerprint density at radius 3 is 1.30 bits per heavy atom. The van der Waals surface area contributed by atoms with Crippen LogP contribution in [0.3, 0.4) is 0 Å². The van der Waals surface area contributed by atoms with Crippen molar-refractivity contribution in [3.63, 3.8) is 0 Å². The number of carbonyl (C=O) groups excluding carboxylic acids is 2. The third kappa shape index (κ3) is 15.8. The van der Waals surface area contributed by atoms with Crippen LogP contribution in [0.1, 0.15) is 124 Å². The maximum atomic E-state index is 14.1. The first kappa shape index (κ1) is 75.2. The minimum absolute atomic E-state index is 0. The Balaban J connectivity index is 0.000000283. The van der Waals surface area contributed by atoms with E-state index in [1.165, 1.54) is 19.9 Å². The Kier molecular flexibility index (Phi) is 25.4. The van der Waals surface area contributed by atoms with Gasteiger partial charge in [0.1, 0.15) is 12.1 Å². The first-order valence-corrected chi connectivity index (χ1v) is 32.2. The molecule has 94 heavy (non-hydrogen) atoms. The molecule has 0 aromatic heterocycles. The van der Waals surface area contributed by atoms with Crippen molar-refractivity contribution in [3.05, 3.63) is 127 Å². The van der Waals surface area contributed by atoms with Crippen LogP contribution in [0, 0.1) is 103 Å². The zero-order valence-electron chi connectivity index (χ0n) is 58.2. The number of azide groups is 2. The molecule has 6 aliphatic carbocycles. The van der Waals surface area contributed by atoms with E-state index in [2.05, 4.69) is 86.3 Å². The molecule has 2 aliphatic heterocycles. The van der Waals surface area contributed by atoms with Gasteiger partial charge in [-0.2, -0.15) is 10.1 Å². The molecule has 506 valence electrons. The number of amides is 2. The summed E-state index contributed by atoms with van der Waals surface area (Å²) >= 11 is 0. The summed E-state index contributed by atoms with van der Waals surface area (Å²) in [5, 5.41) is 58.8. The fourth-order valence-electron chi connectivity index (χ4n) is 16.2. The summed E-state index contributed by atoms with van der Waals surface area (Å²) < 4.78 is 5.25. The predicted molar refractivity (Wildman–Crippen MR) is 362 cm³/mol. The number of carboxylic acids is 2. The smallest absolute Gasteiger partial charge is 0.335 e. The van der Waals surface area contributed by atoms with Gasteiger partial charge in [-0.1, -0.05) is 88.2 Å². The molecule has 2 unspecified atom stereocenters. The van der Waals surface area contributed by atoms with Crippen LogP contribution >= 0.6 is 0 Å². The topological polar surface area (TPSA) is 328 Å². The summed E-state index contributed by atoms with van der Waals surface area (Å²) in [4.78, 5) is 74.3. The minimum atomic E-state index is -1.00. The maximum absolute atomic E-state index is 14.1. The summed E-state index contributed by atoms with van der Waals surface area (Å²) in [5.41, 5.74) is 32.0. The van der Waals surface area contributed by atoms with Crippen LogP contribution in [-0.2, 0) is 32.4 Å².